The largest absolute Gasteiger partial charge is 0.230 e. The van der Waals surface area contributed by atoms with E-state index in [9.17, 15) is 0 Å². The lowest BCUT2D eigenvalue weighted by molar-refractivity contribution is -0.406. The molecule has 2 heteroatoms. The molecule has 0 saturated heterocycles. The predicted octanol–water partition coefficient (Wildman–Crippen LogP) is 4.09. The first-order valence-corrected chi connectivity index (χ1v) is 5.76. The average molecular weight is 202 g/mol. The zero-order valence-corrected chi connectivity index (χ0v) is 10.6. The molecule has 14 heavy (non-hydrogen) atoms. The van der Waals surface area contributed by atoms with Crippen LogP contribution in [0.4, 0.5) is 0 Å². The maximum absolute atomic E-state index is 5.63. The van der Waals surface area contributed by atoms with E-state index in [4.69, 9.17) is 9.78 Å². The van der Waals surface area contributed by atoms with Crippen LogP contribution < -0.4 is 0 Å². The van der Waals surface area contributed by atoms with E-state index >= 15 is 0 Å². The van der Waals surface area contributed by atoms with Crippen molar-refractivity contribution < 1.29 is 9.78 Å². The maximum atomic E-state index is 5.63. The Morgan fingerprint density at radius 3 is 1.64 bits per heavy atom. The molecule has 0 radical (unpaired) electrons. The van der Waals surface area contributed by atoms with E-state index in [1.165, 1.54) is 0 Å². The summed E-state index contributed by atoms with van der Waals surface area (Å²) in [5.41, 5.74) is -0.300. The standard InChI is InChI=1S/C12H26O2/c1-7-10-12(8-2,9-3)14-13-11(4,5)6/h7-10H2,1-6H3. The van der Waals surface area contributed by atoms with Crippen LogP contribution >= 0.6 is 0 Å². The summed E-state index contributed by atoms with van der Waals surface area (Å²) in [4.78, 5) is 11.1. The number of rotatable bonds is 6. The van der Waals surface area contributed by atoms with E-state index in [2.05, 4.69) is 20.8 Å². The second-order valence-corrected chi connectivity index (χ2v) is 4.92. The third-order valence-electron chi connectivity index (χ3n) is 2.46. The zero-order valence-electron chi connectivity index (χ0n) is 10.6. The van der Waals surface area contributed by atoms with E-state index in [-0.39, 0.29) is 11.2 Å². The lowest BCUT2D eigenvalue weighted by Gasteiger charge is -2.33. The van der Waals surface area contributed by atoms with Crippen molar-refractivity contribution in [1.29, 1.82) is 0 Å². The average Bonchev–Trinajstić information content (AvgIpc) is 2.11. The Labute approximate surface area is 88.9 Å². The van der Waals surface area contributed by atoms with Crippen molar-refractivity contribution in [2.24, 2.45) is 0 Å². The molecule has 0 aromatic heterocycles. The van der Waals surface area contributed by atoms with Gasteiger partial charge in [0.05, 0.1) is 5.60 Å². The quantitative estimate of drug-likeness (QED) is 0.477. The molecule has 0 unspecified atom stereocenters. The van der Waals surface area contributed by atoms with Crippen molar-refractivity contribution in [2.45, 2.75) is 78.4 Å². The molecule has 0 bridgehead atoms. The lowest BCUT2D eigenvalue weighted by Crippen LogP contribution is -2.35. The van der Waals surface area contributed by atoms with Crippen molar-refractivity contribution in [3.63, 3.8) is 0 Å². The van der Waals surface area contributed by atoms with Gasteiger partial charge in [0.1, 0.15) is 5.60 Å². The summed E-state index contributed by atoms with van der Waals surface area (Å²) < 4.78 is 0. The van der Waals surface area contributed by atoms with Gasteiger partial charge in [0.15, 0.2) is 0 Å². The minimum Gasteiger partial charge on any atom is -0.230 e. The van der Waals surface area contributed by atoms with Crippen LogP contribution in [0.15, 0.2) is 0 Å². The van der Waals surface area contributed by atoms with E-state index in [0.29, 0.717) is 0 Å². The van der Waals surface area contributed by atoms with Gasteiger partial charge in [-0.25, -0.2) is 9.78 Å². The fourth-order valence-electron chi connectivity index (χ4n) is 1.43. The molecule has 2 nitrogen and oxygen atoms in total. The molecule has 0 rings (SSSR count). The van der Waals surface area contributed by atoms with Crippen LogP contribution in [-0.4, -0.2) is 11.2 Å². The van der Waals surface area contributed by atoms with Crippen LogP contribution in [0.25, 0.3) is 0 Å². The summed E-state index contributed by atoms with van der Waals surface area (Å²) in [7, 11) is 0. The summed E-state index contributed by atoms with van der Waals surface area (Å²) >= 11 is 0. The Balaban J connectivity index is 4.21. The molecular formula is C12H26O2. The highest BCUT2D eigenvalue weighted by atomic mass is 17.2. The molecular weight excluding hydrogens is 176 g/mol. The van der Waals surface area contributed by atoms with Gasteiger partial charge < -0.3 is 0 Å². The van der Waals surface area contributed by atoms with Crippen LogP contribution in [0.5, 0.6) is 0 Å². The van der Waals surface area contributed by atoms with Gasteiger partial charge in [-0.2, -0.15) is 0 Å². The molecule has 0 aliphatic carbocycles. The van der Waals surface area contributed by atoms with Gasteiger partial charge in [0.2, 0.25) is 0 Å². The molecule has 0 N–H and O–H groups in total. The smallest absolute Gasteiger partial charge is 0.103 e. The molecule has 0 amide bonds. The van der Waals surface area contributed by atoms with Gasteiger partial charge in [-0.1, -0.05) is 27.2 Å². The summed E-state index contributed by atoms with van der Waals surface area (Å²) in [6, 6.07) is 0. The molecule has 0 atom stereocenters. The van der Waals surface area contributed by atoms with Crippen LogP contribution in [0, 0.1) is 0 Å². The highest BCUT2D eigenvalue weighted by Gasteiger charge is 2.29. The molecule has 0 spiro atoms. The third-order valence-corrected chi connectivity index (χ3v) is 2.46. The Morgan fingerprint density at radius 2 is 1.36 bits per heavy atom. The molecule has 0 aliphatic rings. The molecule has 0 fully saturated rings. The summed E-state index contributed by atoms with van der Waals surface area (Å²) in [5, 5.41) is 0. The second-order valence-electron chi connectivity index (χ2n) is 4.92. The maximum Gasteiger partial charge on any atom is 0.103 e. The highest BCUT2D eigenvalue weighted by molar-refractivity contribution is 4.75. The van der Waals surface area contributed by atoms with Gasteiger partial charge in [-0.3, -0.25) is 0 Å². The number of hydrogen-bond acceptors (Lipinski definition) is 2. The first kappa shape index (κ1) is 13.9. The Bertz CT molecular complexity index is 143. The van der Waals surface area contributed by atoms with Gasteiger partial charge in [0.25, 0.3) is 0 Å². The normalized spacial score (nSPS) is 13.3. The van der Waals surface area contributed by atoms with Crippen molar-refractivity contribution in [2.75, 3.05) is 0 Å². The van der Waals surface area contributed by atoms with Crippen molar-refractivity contribution >= 4 is 0 Å². The molecule has 0 aromatic rings. The summed E-state index contributed by atoms with van der Waals surface area (Å²) in [6.45, 7) is 12.5. The van der Waals surface area contributed by atoms with Crippen molar-refractivity contribution in [3.05, 3.63) is 0 Å². The van der Waals surface area contributed by atoms with Crippen molar-refractivity contribution in [1.82, 2.24) is 0 Å². The van der Waals surface area contributed by atoms with Crippen molar-refractivity contribution in [3.8, 4) is 0 Å². The van der Waals surface area contributed by atoms with Crippen LogP contribution in [0.2, 0.25) is 0 Å². The van der Waals surface area contributed by atoms with Gasteiger partial charge >= 0.3 is 0 Å². The predicted molar refractivity (Wildman–Crippen MR) is 60.1 cm³/mol. The van der Waals surface area contributed by atoms with Gasteiger partial charge in [-0.15, -0.1) is 0 Å². The number of hydrogen-bond donors (Lipinski definition) is 0. The molecule has 0 heterocycles. The summed E-state index contributed by atoms with van der Waals surface area (Å²) in [5.74, 6) is 0. The lowest BCUT2D eigenvalue weighted by atomic mass is 9.92. The fourth-order valence-corrected chi connectivity index (χ4v) is 1.43. The van der Waals surface area contributed by atoms with Crippen LogP contribution in [0.1, 0.15) is 67.2 Å². The second kappa shape index (κ2) is 5.72. The van der Waals surface area contributed by atoms with E-state index < -0.39 is 0 Å². The Hall–Kier alpha value is -0.0800. The highest BCUT2D eigenvalue weighted by Crippen LogP contribution is 2.28. The minimum absolute atomic E-state index is 0.0813. The molecule has 0 saturated carbocycles. The minimum atomic E-state index is -0.219. The zero-order chi connectivity index (χ0) is 11.2. The van der Waals surface area contributed by atoms with Crippen LogP contribution in [0.3, 0.4) is 0 Å². The first-order valence-electron chi connectivity index (χ1n) is 5.76. The molecule has 0 aromatic carbocycles. The Morgan fingerprint density at radius 1 is 0.857 bits per heavy atom. The monoisotopic (exact) mass is 202 g/mol. The van der Waals surface area contributed by atoms with E-state index in [0.717, 1.165) is 25.7 Å². The first-order chi connectivity index (χ1) is 6.39. The van der Waals surface area contributed by atoms with E-state index in [1.807, 2.05) is 20.8 Å². The van der Waals surface area contributed by atoms with Gasteiger partial charge in [0, 0.05) is 0 Å². The Kier molecular flexibility index (Phi) is 5.68. The topological polar surface area (TPSA) is 18.5 Å². The fraction of sp³-hybridized carbons (Fsp3) is 1.00. The molecule has 86 valence electrons. The molecule has 0 aliphatic heterocycles. The van der Waals surface area contributed by atoms with Crippen LogP contribution in [-0.2, 0) is 9.78 Å². The SMILES string of the molecule is CCCC(CC)(CC)OOC(C)(C)C. The summed E-state index contributed by atoms with van der Waals surface area (Å²) in [6.07, 6.45) is 4.21. The van der Waals surface area contributed by atoms with Gasteiger partial charge in [-0.05, 0) is 40.0 Å². The van der Waals surface area contributed by atoms with E-state index in [1.54, 1.807) is 0 Å². The third kappa shape index (κ3) is 4.97.